The highest BCUT2D eigenvalue weighted by molar-refractivity contribution is 5.63. The minimum atomic E-state index is 0.676. The van der Waals surface area contributed by atoms with Crippen molar-refractivity contribution in [2.24, 2.45) is 11.5 Å². The number of rotatable bonds is 10. The smallest absolute Gasteiger partial charge is 0.0695 e. The molecule has 0 saturated heterocycles. The minimum Gasteiger partial charge on any atom is -0.329 e. The molecule has 34 heavy (non-hydrogen) atoms. The highest BCUT2D eigenvalue weighted by Gasteiger charge is 2.10. The molecule has 0 aliphatic rings. The second-order valence-electron chi connectivity index (χ2n) is 8.33. The quantitative estimate of drug-likeness (QED) is 0.289. The van der Waals surface area contributed by atoms with Crippen molar-refractivity contribution >= 4 is 0 Å². The minimum absolute atomic E-state index is 0.676. The third-order valence-electron chi connectivity index (χ3n) is 5.46. The number of aromatic nitrogens is 4. The van der Waals surface area contributed by atoms with Gasteiger partial charge in [-0.2, -0.15) is 10.2 Å². The first-order valence-corrected chi connectivity index (χ1v) is 11.5. The van der Waals surface area contributed by atoms with E-state index in [1.165, 1.54) is 22.3 Å². The van der Waals surface area contributed by atoms with Gasteiger partial charge in [-0.15, -0.1) is 0 Å². The molecule has 4 rings (SSSR count). The molecule has 0 bridgehead atoms. The van der Waals surface area contributed by atoms with E-state index in [4.69, 9.17) is 11.5 Å². The summed E-state index contributed by atoms with van der Waals surface area (Å²) in [5, 5.41) is 14.4. The SMILES string of the molecule is CN(CCN)Cc1cn[nH]c1-c1ccccc1.CN(CCN)Cc1cn[nH]c1-c1ccccc1. The molecule has 6 N–H and O–H groups in total. The van der Waals surface area contributed by atoms with Gasteiger partial charge in [-0.05, 0) is 25.2 Å². The monoisotopic (exact) mass is 460 g/mol. The summed E-state index contributed by atoms with van der Waals surface area (Å²) in [6, 6.07) is 20.5. The van der Waals surface area contributed by atoms with Gasteiger partial charge in [0.25, 0.3) is 0 Å². The summed E-state index contributed by atoms with van der Waals surface area (Å²) in [5.41, 5.74) is 18.0. The average Bonchev–Trinajstić information content (AvgIpc) is 3.50. The van der Waals surface area contributed by atoms with Gasteiger partial charge in [-0.3, -0.25) is 10.2 Å². The Bertz CT molecular complexity index is 987. The zero-order valence-electron chi connectivity index (χ0n) is 20.1. The van der Waals surface area contributed by atoms with Crippen molar-refractivity contribution in [2.75, 3.05) is 40.3 Å². The lowest BCUT2D eigenvalue weighted by molar-refractivity contribution is 0.337. The van der Waals surface area contributed by atoms with Crippen molar-refractivity contribution in [2.45, 2.75) is 13.1 Å². The number of nitrogens with one attached hydrogen (secondary N) is 2. The van der Waals surface area contributed by atoms with E-state index >= 15 is 0 Å². The van der Waals surface area contributed by atoms with Crippen molar-refractivity contribution in [3.8, 4) is 22.5 Å². The van der Waals surface area contributed by atoms with E-state index in [-0.39, 0.29) is 0 Å². The van der Waals surface area contributed by atoms with Crippen molar-refractivity contribution in [3.63, 3.8) is 0 Å². The van der Waals surface area contributed by atoms with E-state index in [2.05, 4.69) is 68.6 Å². The van der Waals surface area contributed by atoms with E-state index in [1.807, 2.05) is 48.8 Å². The standard InChI is InChI=1S/2C13H18N4/c2*1-17(8-7-14)10-12-9-15-16-13(12)11-5-3-2-4-6-11/h2*2-6,9H,7-8,10,14H2,1H3,(H,15,16). The number of H-pyrrole nitrogens is 2. The van der Waals surface area contributed by atoms with Gasteiger partial charge in [0.15, 0.2) is 0 Å². The van der Waals surface area contributed by atoms with E-state index in [9.17, 15) is 0 Å². The van der Waals surface area contributed by atoms with Gasteiger partial charge in [-0.25, -0.2) is 0 Å². The van der Waals surface area contributed by atoms with Crippen molar-refractivity contribution in [1.29, 1.82) is 0 Å². The number of benzene rings is 2. The zero-order valence-corrected chi connectivity index (χ0v) is 20.1. The molecule has 2 heterocycles. The predicted octanol–water partition coefficient (Wildman–Crippen LogP) is 2.93. The van der Waals surface area contributed by atoms with E-state index in [0.717, 1.165) is 37.6 Å². The van der Waals surface area contributed by atoms with E-state index in [1.54, 1.807) is 0 Å². The first kappa shape index (κ1) is 25.3. The molecule has 0 aliphatic carbocycles. The fraction of sp³-hybridized carbons (Fsp3) is 0.308. The summed E-state index contributed by atoms with van der Waals surface area (Å²) in [6.07, 6.45) is 3.77. The Morgan fingerprint density at radius 2 is 1.03 bits per heavy atom. The Labute approximate surface area is 202 Å². The molecule has 2 aromatic heterocycles. The van der Waals surface area contributed by atoms with Crippen LogP contribution in [0.5, 0.6) is 0 Å². The first-order valence-electron chi connectivity index (χ1n) is 11.5. The van der Waals surface area contributed by atoms with Gasteiger partial charge < -0.3 is 21.3 Å². The Morgan fingerprint density at radius 1 is 0.647 bits per heavy atom. The first-order chi connectivity index (χ1) is 16.6. The molecule has 8 nitrogen and oxygen atoms in total. The van der Waals surface area contributed by atoms with Gasteiger partial charge in [0.2, 0.25) is 0 Å². The molecular formula is C26H36N8. The third kappa shape index (κ3) is 7.36. The lowest BCUT2D eigenvalue weighted by Crippen LogP contribution is -2.25. The van der Waals surface area contributed by atoms with Crippen LogP contribution in [0.2, 0.25) is 0 Å². The summed E-state index contributed by atoms with van der Waals surface area (Å²) >= 11 is 0. The predicted molar refractivity (Wildman–Crippen MR) is 139 cm³/mol. The second-order valence-corrected chi connectivity index (χ2v) is 8.33. The largest absolute Gasteiger partial charge is 0.329 e. The van der Waals surface area contributed by atoms with Crippen LogP contribution in [0.1, 0.15) is 11.1 Å². The van der Waals surface area contributed by atoms with Crippen LogP contribution in [0, 0.1) is 0 Å². The molecule has 2 aromatic carbocycles. The Morgan fingerprint density at radius 3 is 1.38 bits per heavy atom. The lowest BCUT2D eigenvalue weighted by atomic mass is 10.1. The molecule has 0 saturated carbocycles. The summed E-state index contributed by atoms with van der Waals surface area (Å²) in [5.74, 6) is 0. The fourth-order valence-electron chi connectivity index (χ4n) is 3.75. The van der Waals surface area contributed by atoms with Crippen molar-refractivity contribution in [3.05, 3.63) is 84.2 Å². The normalized spacial score (nSPS) is 11.0. The maximum absolute atomic E-state index is 5.54. The molecule has 180 valence electrons. The molecule has 4 aromatic rings. The van der Waals surface area contributed by atoms with Crippen LogP contribution in [0.3, 0.4) is 0 Å². The highest BCUT2D eigenvalue weighted by Crippen LogP contribution is 2.22. The van der Waals surface area contributed by atoms with Gasteiger partial charge in [0.05, 0.1) is 23.8 Å². The Kier molecular flexibility index (Phi) is 9.99. The van der Waals surface area contributed by atoms with Crippen LogP contribution < -0.4 is 11.5 Å². The molecule has 0 amide bonds. The molecule has 0 aliphatic heterocycles. The Balaban J connectivity index is 0.000000191. The highest BCUT2D eigenvalue weighted by atomic mass is 15.1. The summed E-state index contributed by atoms with van der Waals surface area (Å²) in [6.45, 7) is 4.85. The van der Waals surface area contributed by atoms with Gasteiger partial charge in [0, 0.05) is 50.4 Å². The summed E-state index contributed by atoms with van der Waals surface area (Å²) in [7, 11) is 4.13. The number of hydrogen-bond acceptors (Lipinski definition) is 6. The van der Waals surface area contributed by atoms with Gasteiger partial charge in [-0.1, -0.05) is 60.7 Å². The molecule has 0 fully saturated rings. The molecular weight excluding hydrogens is 424 g/mol. The number of nitrogens with zero attached hydrogens (tertiary/aromatic N) is 4. The van der Waals surface area contributed by atoms with Gasteiger partial charge >= 0.3 is 0 Å². The number of likely N-dealkylation sites (N-methyl/N-ethyl adjacent to an activating group) is 2. The van der Waals surface area contributed by atoms with Crippen LogP contribution in [0.15, 0.2) is 73.1 Å². The number of aromatic amines is 2. The Hall–Kier alpha value is -3.30. The van der Waals surface area contributed by atoms with Crippen LogP contribution in [-0.2, 0) is 13.1 Å². The topological polar surface area (TPSA) is 116 Å². The number of hydrogen-bond donors (Lipinski definition) is 4. The molecule has 8 heteroatoms. The van der Waals surface area contributed by atoms with Crippen molar-refractivity contribution in [1.82, 2.24) is 30.2 Å². The molecule has 0 spiro atoms. The second kappa shape index (κ2) is 13.4. The van der Waals surface area contributed by atoms with Gasteiger partial charge in [0.1, 0.15) is 0 Å². The average molecular weight is 461 g/mol. The lowest BCUT2D eigenvalue weighted by Gasteiger charge is -2.15. The molecule has 0 radical (unpaired) electrons. The van der Waals surface area contributed by atoms with E-state index < -0.39 is 0 Å². The fourth-order valence-corrected chi connectivity index (χ4v) is 3.75. The molecule has 0 unspecified atom stereocenters. The number of nitrogens with two attached hydrogens (primary N) is 2. The maximum atomic E-state index is 5.54. The summed E-state index contributed by atoms with van der Waals surface area (Å²) in [4.78, 5) is 4.38. The summed E-state index contributed by atoms with van der Waals surface area (Å²) < 4.78 is 0. The van der Waals surface area contributed by atoms with Crippen molar-refractivity contribution < 1.29 is 0 Å². The van der Waals surface area contributed by atoms with Crippen LogP contribution in [-0.4, -0.2) is 70.5 Å². The van der Waals surface area contributed by atoms with Crippen LogP contribution in [0.4, 0.5) is 0 Å². The van der Waals surface area contributed by atoms with Crippen LogP contribution >= 0.6 is 0 Å². The molecule has 0 atom stereocenters. The zero-order chi connectivity index (χ0) is 24.2. The van der Waals surface area contributed by atoms with E-state index in [0.29, 0.717) is 13.1 Å². The van der Waals surface area contributed by atoms with Crippen LogP contribution in [0.25, 0.3) is 22.5 Å². The third-order valence-corrected chi connectivity index (χ3v) is 5.46. The maximum Gasteiger partial charge on any atom is 0.0695 e.